The van der Waals surface area contributed by atoms with E-state index < -0.39 is 21.0 Å². The first-order valence-electron chi connectivity index (χ1n) is 5.98. The van der Waals surface area contributed by atoms with Gasteiger partial charge in [-0.15, -0.1) is 0 Å². The van der Waals surface area contributed by atoms with Gasteiger partial charge in [0.1, 0.15) is 0 Å². The predicted octanol–water partition coefficient (Wildman–Crippen LogP) is 4.22. The average Bonchev–Trinajstić information content (AvgIpc) is 2.47. The van der Waals surface area contributed by atoms with Crippen molar-refractivity contribution < 1.29 is 28.2 Å². The van der Waals surface area contributed by atoms with E-state index in [1.165, 1.54) is 12.1 Å². The normalized spacial score (nSPS) is 10.5. The number of hydrogen-bond donors (Lipinski definition) is 2. The lowest BCUT2D eigenvalue weighted by Crippen LogP contribution is -2.00. The summed E-state index contributed by atoms with van der Waals surface area (Å²) in [5, 5.41) is 17.1. The first-order chi connectivity index (χ1) is 11.0. The van der Waals surface area contributed by atoms with Gasteiger partial charge in [0.2, 0.25) is 0 Å². The molecule has 2 N–H and O–H groups in total. The Kier molecular flexibility index (Phi) is 7.40. The van der Waals surface area contributed by atoms with Gasteiger partial charge in [-0.2, -0.15) is 0 Å². The maximum absolute atomic E-state index is 11.0. The van der Waals surface area contributed by atoms with Crippen LogP contribution in [0.5, 0.6) is 0 Å². The first-order valence-corrected chi connectivity index (χ1v) is 9.88. The molecule has 0 bridgehead atoms. The van der Waals surface area contributed by atoms with Gasteiger partial charge in [-0.05, 0) is 58.4 Å². The summed E-state index contributed by atoms with van der Waals surface area (Å²) in [4.78, 5) is 20.6. The molecule has 24 heavy (non-hydrogen) atoms. The molecule has 0 atom stereocenters. The Hall–Kier alpha value is -1.42. The number of carbonyl (C=O) groups is 2. The molecule has 10 heteroatoms. The zero-order valence-electron chi connectivity index (χ0n) is 11.6. The van der Waals surface area contributed by atoms with E-state index in [1.807, 2.05) is 0 Å². The second-order valence-electron chi connectivity index (χ2n) is 4.20. The Bertz CT molecular complexity index is 865. The van der Waals surface area contributed by atoms with Crippen molar-refractivity contribution in [2.75, 3.05) is 0 Å². The number of hydrogen-bond acceptors (Lipinski definition) is 4. The summed E-state index contributed by atoms with van der Waals surface area (Å²) in [7, 11) is 1.16. The molecular weight excluding hydrogens is 491 g/mol. The van der Waals surface area contributed by atoms with Gasteiger partial charge >= 0.3 is 11.9 Å². The highest BCUT2D eigenvalue weighted by atomic mass is 79.9. The van der Waals surface area contributed by atoms with Crippen LogP contribution in [0.15, 0.2) is 56.3 Å². The summed E-state index contributed by atoms with van der Waals surface area (Å²) in [5.41, 5.74) is 0.177. The third-order valence-corrected chi connectivity index (χ3v) is 5.38. The lowest BCUT2D eigenvalue weighted by atomic mass is 10.2. The second-order valence-corrected chi connectivity index (χ2v) is 8.50. The van der Waals surface area contributed by atoms with Gasteiger partial charge in [-0.3, -0.25) is 0 Å². The van der Waals surface area contributed by atoms with Gasteiger partial charge in [-0.1, -0.05) is 15.9 Å². The predicted molar refractivity (Wildman–Crippen MR) is 95.2 cm³/mol. The Labute approximate surface area is 158 Å². The Morgan fingerprint density at radius 3 is 1.75 bits per heavy atom. The van der Waals surface area contributed by atoms with Crippen LogP contribution >= 0.6 is 42.5 Å². The van der Waals surface area contributed by atoms with Gasteiger partial charge < -0.3 is 10.2 Å². The standard InChI is InChI=1S/C7H4BrClO4S.C7H5BrO2/c8-5-2-1-4(7(10)11)3-6(5)14(9,12)13;8-6-3-1-5(2-4-6)7(9)10/h1-3H,(H,10,11);1-4H,(H,9,10). The molecule has 0 saturated heterocycles. The molecule has 0 spiro atoms. The van der Waals surface area contributed by atoms with E-state index in [-0.39, 0.29) is 14.9 Å². The summed E-state index contributed by atoms with van der Waals surface area (Å²) in [5.74, 6) is -2.11. The summed E-state index contributed by atoms with van der Waals surface area (Å²) in [6.07, 6.45) is 0. The topological polar surface area (TPSA) is 109 Å². The minimum Gasteiger partial charge on any atom is -0.478 e. The van der Waals surface area contributed by atoms with Crippen LogP contribution < -0.4 is 0 Å². The van der Waals surface area contributed by atoms with Crippen molar-refractivity contribution in [2.24, 2.45) is 0 Å². The van der Waals surface area contributed by atoms with Crippen molar-refractivity contribution in [3.63, 3.8) is 0 Å². The van der Waals surface area contributed by atoms with Crippen LogP contribution in [-0.2, 0) is 9.05 Å². The molecule has 6 nitrogen and oxygen atoms in total. The lowest BCUT2D eigenvalue weighted by Gasteiger charge is -2.01. The third-order valence-electron chi connectivity index (χ3n) is 2.53. The monoisotopic (exact) mass is 498 g/mol. The number of aromatic carboxylic acids is 2. The second kappa shape index (κ2) is 8.61. The first kappa shape index (κ1) is 20.6. The maximum atomic E-state index is 11.0. The van der Waals surface area contributed by atoms with E-state index in [9.17, 15) is 18.0 Å². The molecule has 0 aliphatic carbocycles. The van der Waals surface area contributed by atoms with E-state index >= 15 is 0 Å². The van der Waals surface area contributed by atoms with Gasteiger partial charge in [-0.25, -0.2) is 18.0 Å². The zero-order chi connectivity index (χ0) is 18.5. The molecular formula is C14H9Br2ClO6S. The van der Waals surface area contributed by atoms with E-state index in [1.54, 1.807) is 24.3 Å². The van der Waals surface area contributed by atoms with Crippen molar-refractivity contribution in [2.45, 2.75) is 4.90 Å². The zero-order valence-corrected chi connectivity index (χ0v) is 16.4. The minimum atomic E-state index is -3.93. The third kappa shape index (κ3) is 6.23. The van der Waals surface area contributed by atoms with Crippen LogP contribution in [0, 0.1) is 0 Å². The van der Waals surface area contributed by atoms with Crippen LogP contribution in [0.3, 0.4) is 0 Å². The molecule has 0 unspecified atom stereocenters. The molecule has 0 aliphatic heterocycles. The molecule has 2 rings (SSSR count). The summed E-state index contributed by atoms with van der Waals surface area (Å²) >= 11 is 6.16. The molecule has 0 radical (unpaired) electrons. The fourth-order valence-electron chi connectivity index (χ4n) is 1.42. The number of carboxylic acids is 2. The minimum absolute atomic E-state index is 0.132. The van der Waals surface area contributed by atoms with Crippen LogP contribution in [0.4, 0.5) is 0 Å². The van der Waals surface area contributed by atoms with E-state index in [0.717, 1.165) is 10.5 Å². The molecule has 0 amide bonds. The fraction of sp³-hybridized carbons (Fsp3) is 0. The fourth-order valence-corrected chi connectivity index (χ4v) is 3.80. The highest BCUT2D eigenvalue weighted by molar-refractivity contribution is 9.10. The van der Waals surface area contributed by atoms with Gasteiger partial charge in [0.05, 0.1) is 16.0 Å². The molecule has 128 valence electrons. The largest absolute Gasteiger partial charge is 0.478 e. The van der Waals surface area contributed by atoms with Crippen LogP contribution in [0.25, 0.3) is 0 Å². The Morgan fingerprint density at radius 2 is 1.33 bits per heavy atom. The van der Waals surface area contributed by atoms with E-state index in [4.69, 9.17) is 20.9 Å². The number of halogens is 3. The van der Waals surface area contributed by atoms with Crippen LogP contribution in [0.2, 0.25) is 0 Å². The Balaban J connectivity index is 0.000000254. The van der Waals surface area contributed by atoms with Crippen LogP contribution in [-0.4, -0.2) is 30.6 Å². The van der Waals surface area contributed by atoms with E-state index in [0.29, 0.717) is 5.56 Å². The molecule has 0 fully saturated rings. The smallest absolute Gasteiger partial charge is 0.335 e. The average molecular weight is 501 g/mol. The number of benzene rings is 2. The number of carboxylic acid groups (broad SMARTS) is 2. The van der Waals surface area contributed by atoms with Crippen molar-refractivity contribution in [3.8, 4) is 0 Å². The highest BCUT2D eigenvalue weighted by Gasteiger charge is 2.16. The molecule has 2 aromatic rings. The number of rotatable bonds is 3. The SMILES string of the molecule is O=C(O)c1ccc(Br)c(S(=O)(=O)Cl)c1.O=C(O)c1ccc(Br)cc1. The quantitative estimate of drug-likeness (QED) is 0.611. The Morgan fingerprint density at radius 1 is 0.875 bits per heavy atom. The van der Waals surface area contributed by atoms with Crippen LogP contribution in [0.1, 0.15) is 20.7 Å². The van der Waals surface area contributed by atoms with Crippen molar-refractivity contribution >= 4 is 63.5 Å². The highest BCUT2D eigenvalue weighted by Crippen LogP contribution is 2.26. The summed E-state index contributed by atoms with van der Waals surface area (Å²) in [6.45, 7) is 0. The van der Waals surface area contributed by atoms with Gasteiger partial charge in [0.25, 0.3) is 9.05 Å². The van der Waals surface area contributed by atoms with Crippen molar-refractivity contribution in [3.05, 3.63) is 62.5 Å². The van der Waals surface area contributed by atoms with E-state index in [2.05, 4.69) is 31.9 Å². The molecule has 0 aromatic heterocycles. The molecule has 0 aliphatic rings. The van der Waals surface area contributed by atoms with Gasteiger partial charge in [0, 0.05) is 19.6 Å². The maximum Gasteiger partial charge on any atom is 0.335 e. The molecule has 0 heterocycles. The lowest BCUT2D eigenvalue weighted by molar-refractivity contribution is 0.0686. The van der Waals surface area contributed by atoms with Crippen molar-refractivity contribution in [1.82, 2.24) is 0 Å². The van der Waals surface area contributed by atoms with Crippen molar-refractivity contribution in [1.29, 1.82) is 0 Å². The van der Waals surface area contributed by atoms with Gasteiger partial charge in [0.15, 0.2) is 0 Å². The summed E-state index contributed by atoms with van der Waals surface area (Å²) < 4.78 is 23.1. The summed E-state index contributed by atoms with van der Waals surface area (Å²) in [6, 6.07) is 10.1. The molecule has 0 saturated carbocycles. The molecule has 2 aromatic carbocycles.